The van der Waals surface area contributed by atoms with Crippen molar-refractivity contribution in [3.63, 3.8) is 0 Å². The lowest BCUT2D eigenvalue weighted by Gasteiger charge is -2.29. The summed E-state index contributed by atoms with van der Waals surface area (Å²) in [5.41, 5.74) is 50.4. The zero-order valence-electron chi connectivity index (χ0n) is 50.1. The number of nitrogens with two attached hydrogens (primary N) is 9. The first-order valence-corrected chi connectivity index (χ1v) is 29.3. The highest BCUT2D eigenvalue weighted by atomic mass is 16.4. The van der Waals surface area contributed by atoms with Crippen LogP contribution in [0.15, 0.2) is 9.98 Å². The summed E-state index contributed by atoms with van der Waals surface area (Å²) in [5.74, 6) is -10.8. The number of aliphatic hydroxyl groups is 3. The number of carbonyl (C=O) groups excluding carboxylic acids is 9. The Hall–Kier alpha value is -7.08. The van der Waals surface area contributed by atoms with E-state index in [9.17, 15) is 68.4 Å². The molecule has 12 atom stereocenters. The molecule has 0 saturated heterocycles. The summed E-state index contributed by atoms with van der Waals surface area (Å²) in [7, 11) is 0. The van der Waals surface area contributed by atoms with E-state index in [0.29, 0.717) is 51.5 Å². The third-order valence-electron chi connectivity index (χ3n) is 13.7. The molecule has 0 aromatic rings. The smallest absolute Gasteiger partial charge is 0.326 e. The van der Waals surface area contributed by atoms with Crippen LogP contribution in [-0.4, -0.2) is 210 Å². The molecule has 86 heavy (non-hydrogen) atoms. The minimum atomic E-state index is -1.83. The van der Waals surface area contributed by atoms with Gasteiger partial charge in [-0.05, 0) is 135 Å². The summed E-state index contributed by atoms with van der Waals surface area (Å²) < 4.78 is 0. The summed E-state index contributed by atoms with van der Waals surface area (Å²) in [6.45, 7) is 3.65. The molecule has 0 unspecified atom stereocenters. The number of rotatable bonds is 48. The van der Waals surface area contributed by atoms with Gasteiger partial charge in [0, 0.05) is 13.1 Å². The number of hydrogen-bond acceptors (Lipinski definition) is 20. The molecule has 0 aliphatic carbocycles. The third kappa shape index (κ3) is 32.4. The minimum Gasteiger partial charge on any atom is -0.480 e. The summed E-state index contributed by atoms with van der Waals surface area (Å²) in [6.07, 6.45) is 1.97. The molecule has 0 saturated carbocycles. The van der Waals surface area contributed by atoms with Gasteiger partial charge in [0.15, 0.2) is 11.9 Å². The normalized spacial score (nSPS) is 15.3. The van der Waals surface area contributed by atoms with E-state index in [1.807, 2.05) is 0 Å². The van der Waals surface area contributed by atoms with E-state index in [1.54, 1.807) is 13.8 Å². The number of nitrogens with zero attached hydrogens (tertiary/aromatic N) is 2. The van der Waals surface area contributed by atoms with Crippen LogP contribution >= 0.6 is 0 Å². The van der Waals surface area contributed by atoms with Crippen molar-refractivity contribution in [3.8, 4) is 0 Å². The van der Waals surface area contributed by atoms with E-state index < -0.39 is 145 Å². The molecule has 0 bridgehead atoms. The highest BCUT2D eigenvalue weighted by Crippen LogP contribution is 2.13. The maximum absolute atomic E-state index is 14.4. The quantitative estimate of drug-likeness (QED) is 0.0153. The Morgan fingerprint density at radius 1 is 0.395 bits per heavy atom. The Labute approximate surface area is 502 Å². The molecule has 0 aliphatic heterocycles. The molecular formula is C52H102N20O14. The number of aliphatic carboxylic acids is 1. The summed E-state index contributed by atoms with van der Waals surface area (Å²) in [5, 5.41) is 63.3. The van der Waals surface area contributed by atoms with Gasteiger partial charge in [0.05, 0.1) is 25.4 Å². The van der Waals surface area contributed by atoms with Gasteiger partial charge < -0.3 is 120 Å². The summed E-state index contributed by atoms with van der Waals surface area (Å²) in [6, 6.07) is -14.6. The lowest BCUT2D eigenvalue weighted by atomic mass is 9.96. The molecule has 0 aliphatic rings. The lowest BCUT2D eigenvalue weighted by Crippen LogP contribution is -2.62. The average Bonchev–Trinajstić information content (AvgIpc) is 2.71. The Kier molecular flexibility index (Phi) is 41.5. The van der Waals surface area contributed by atoms with Gasteiger partial charge in [-0.2, -0.15) is 0 Å². The average molecular weight is 1230 g/mol. The highest BCUT2D eigenvalue weighted by Gasteiger charge is 2.37. The van der Waals surface area contributed by atoms with E-state index in [0.717, 1.165) is 6.92 Å². The molecule has 494 valence electrons. The van der Waals surface area contributed by atoms with Gasteiger partial charge in [0.25, 0.3) is 0 Å². The fourth-order valence-electron chi connectivity index (χ4n) is 8.35. The van der Waals surface area contributed by atoms with Crippen molar-refractivity contribution in [1.29, 1.82) is 0 Å². The number of unbranched alkanes of at least 4 members (excludes halogenated alkanes) is 4. The zero-order valence-corrected chi connectivity index (χ0v) is 50.1. The first kappa shape index (κ1) is 78.9. The van der Waals surface area contributed by atoms with Crippen LogP contribution in [0.3, 0.4) is 0 Å². The first-order valence-electron chi connectivity index (χ1n) is 29.3. The zero-order chi connectivity index (χ0) is 65.3. The van der Waals surface area contributed by atoms with Gasteiger partial charge in [-0.3, -0.25) is 53.1 Å². The molecule has 9 amide bonds. The third-order valence-corrected chi connectivity index (χ3v) is 13.7. The minimum absolute atomic E-state index is 0.00291. The molecular weight excluding hydrogens is 1130 g/mol. The number of amides is 9. The van der Waals surface area contributed by atoms with Gasteiger partial charge in [-0.1, -0.05) is 26.7 Å². The van der Waals surface area contributed by atoms with E-state index >= 15 is 0 Å². The van der Waals surface area contributed by atoms with E-state index in [-0.39, 0.29) is 109 Å². The van der Waals surface area contributed by atoms with Crippen molar-refractivity contribution in [2.24, 2.45) is 67.5 Å². The molecule has 0 fully saturated rings. The second-order valence-corrected chi connectivity index (χ2v) is 20.9. The van der Waals surface area contributed by atoms with Crippen LogP contribution in [0.2, 0.25) is 0 Å². The van der Waals surface area contributed by atoms with Crippen LogP contribution in [0.25, 0.3) is 0 Å². The van der Waals surface area contributed by atoms with Crippen LogP contribution in [0, 0.1) is 5.92 Å². The number of hydrogen-bond donors (Lipinski definition) is 22. The monoisotopic (exact) mass is 1230 g/mol. The summed E-state index contributed by atoms with van der Waals surface area (Å²) in [4.78, 5) is 144. The van der Waals surface area contributed by atoms with Crippen molar-refractivity contribution >= 4 is 71.1 Å². The molecule has 34 heteroatoms. The van der Waals surface area contributed by atoms with E-state index in [1.165, 1.54) is 0 Å². The van der Waals surface area contributed by atoms with Crippen molar-refractivity contribution in [1.82, 2.24) is 47.9 Å². The van der Waals surface area contributed by atoms with Crippen LogP contribution < -0.4 is 99.5 Å². The molecule has 0 spiro atoms. The lowest BCUT2D eigenvalue weighted by molar-refractivity contribution is -0.143. The highest BCUT2D eigenvalue weighted by molar-refractivity contribution is 5.98. The van der Waals surface area contributed by atoms with Crippen molar-refractivity contribution in [3.05, 3.63) is 0 Å². The largest absolute Gasteiger partial charge is 0.480 e. The molecule has 0 aromatic carbocycles. The second kappa shape index (κ2) is 45.3. The van der Waals surface area contributed by atoms with Crippen molar-refractivity contribution < 1.29 is 68.4 Å². The fraction of sp³-hybridized carbons (Fsp3) is 0.769. The standard InChI is InChI=1S/C52H102N20O14/c1-4-29(2)39(48(83)68-36(50(85)86)20-14-26-63-52(60)61)71-44(79)33(17-7-11-23-55)64-43(78)35(19-13-25-62-51(58)59)65-42(77)32(16-6-10-22-54)66-47(82)38(28-74)70-49(84)40(30(3)75)72-45(80)34(18-8-12-24-56)67-46(81)37(27-73)69-41(76)31(57)15-5-9-21-53/h29-40,73-75H,4-28,53-57H2,1-3H3,(H,64,78)(H,65,77)(H,66,82)(H,67,81)(H,68,83)(H,69,76)(H,70,84)(H,71,79)(H,72,80)(H,85,86)(H4,58,59,62)(H4,60,61,63)/t29-,30+,31-,32-,33-,34-,35-,36-,37-,38-,39-,40-/m0/s1. The molecule has 0 aromatic heterocycles. The molecule has 0 rings (SSSR count). The van der Waals surface area contributed by atoms with E-state index in [2.05, 4.69) is 57.8 Å². The number of carboxylic acids is 1. The Morgan fingerprint density at radius 3 is 1.02 bits per heavy atom. The van der Waals surface area contributed by atoms with Gasteiger partial charge in [0.1, 0.15) is 54.4 Å². The van der Waals surface area contributed by atoms with Gasteiger partial charge >= 0.3 is 5.97 Å². The Morgan fingerprint density at radius 2 is 0.686 bits per heavy atom. The summed E-state index contributed by atoms with van der Waals surface area (Å²) >= 11 is 0. The van der Waals surface area contributed by atoms with Crippen LogP contribution in [-0.2, 0) is 47.9 Å². The Bertz CT molecular complexity index is 2150. The van der Waals surface area contributed by atoms with Gasteiger partial charge in [-0.25, -0.2) is 4.79 Å². The number of nitrogens with one attached hydrogen (secondary N) is 9. The predicted octanol–water partition coefficient (Wildman–Crippen LogP) is -8.20. The number of guanidine groups is 2. The maximum Gasteiger partial charge on any atom is 0.326 e. The number of carbonyl (C=O) groups is 10. The SMILES string of the molecule is CC[C@H](C)[C@H](NC(=O)[C@H](CCCCN)NC(=O)[C@H](CCCN=C(N)N)NC(=O)[C@H](CCCCN)NC(=O)[C@H](CO)NC(=O)[C@@H](NC(=O)[C@H](CCCCN)NC(=O)[C@H](CO)NC(=O)[C@@H](N)CCCCN)[C@@H](C)O)C(=O)N[C@@H](CCCN=C(N)N)C(=O)O. The van der Waals surface area contributed by atoms with Crippen LogP contribution in [0.4, 0.5) is 0 Å². The molecule has 34 nitrogen and oxygen atoms in total. The molecule has 0 heterocycles. The molecule has 31 N–H and O–H groups in total. The van der Waals surface area contributed by atoms with Gasteiger partial charge in [-0.15, -0.1) is 0 Å². The number of carboxylic acid groups (broad SMARTS) is 1. The van der Waals surface area contributed by atoms with Crippen LogP contribution in [0.5, 0.6) is 0 Å². The second-order valence-electron chi connectivity index (χ2n) is 20.9. The predicted molar refractivity (Wildman–Crippen MR) is 320 cm³/mol. The van der Waals surface area contributed by atoms with Crippen molar-refractivity contribution in [2.75, 3.05) is 52.5 Å². The molecule has 0 radical (unpaired) electrons. The van der Waals surface area contributed by atoms with Crippen molar-refractivity contribution in [2.45, 2.75) is 196 Å². The first-order chi connectivity index (χ1) is 40.8. The number of aliphatic imine (C=N–C) groups is 2. The topological polar surface area (TPSA) is 619 Å². The maximum atomic E-state index is 14.4. The van der Waals surface area contributed by atoms with E-state index in [4.69, 9.17) is 51.6 Å². The fourth-order valence-corrected chi connectivity index (χ4v) is 8.35. The number of aliphatic hydroxyl groups excluding tert-OH is 3. The Balaban J connectivity index is 6.80. The van der Waals surface area contributed by atoms with Gasteiger partial charge in [0.2, 0.25) is 53.2 Å². The van der Waals surface area contributed by atoms with Crippen LogP contribution in [0.1, 0.15) is 130 Å².